The van der Waals surface area contributed by atoms with Gasteiger partial charge in [0, 0.05) is 0 Å². The second kappa shape index (κ2) is 5.19. The zero-order valence-electron chi connectivity index (χ0n) is 8.45. The molecule has 0 aliphatic rings. The minimum atomic E-state index is -0.699. The highest BCUT2D eigenvalue weighted by Gasteiger charge is 2.16. The van der Waals surface area contributed by atoms with Gasteiger partial charge in [-0.3, -0.25) is 0 Å². The van der Waals surface area contributed by atoms with Crippen molar-refractivity contribution in [3.8, 4) is 12.3 Å². The number of ether oxygens (including phenoxy) is 1. The van der Waals surface area contributed by atoms with Crippen LogP contribution < -0.4 is 11.1 Å². The lowest BCUT2D eigenvalue weighted by Crippen LogP contribution is -2.13. The largest absolute Gasteiger partial charge is 0.464 e. The molecule has 0 aliphatic heterocycles. The minimum absolute atomic E-state index is 0.00449. The Morgan fingerprint density at radius 1 is 1.69 bits per heavy atom. The predicted molar refractivity (Wildman–Crippen MR) is 60.1 cm³/mol. The Bertz CT molecular complexity index is 456. The molecule has 84 valence electrons. The minimum Gasteiger partial charge on any atom is -0.464 e. The first-order valence-electron chi connectivity index (χ1n) is 4.18. The summed E-state index contributed by atoms with van der Waals surface area (Å²) in [5.74, 6) is 1.80. The lowest BCUT2D eigenvalue weighted by Gasteiger charge is -2.07. The van der Waals surface area contributed by atoms with E-state index in [4.69, 9.17) is 23.8 Å². The Balaban J connectivity index is 3.07. The summed E-state index contributed by atoms with van der Waals surface area (Å²) in [4.78, 5) is 18.8. The van der Waals surface area contributed by atoms with Gasteiger partial charge in [-0.25, -0.2) is 14.8 Å². The molecule has 6 nitrogen and oxygen atoms in total. The Labute approximate surface area is 97.2 Å². The molecule has 7 heteroatoms. The van der Waals surface area contributed by atoms with E-state index in [-0.39, 0.29) is 29.0 Å². The first-order chi connectivity index (χ1) is 7.60. The van der Waals surface area contributed by atoms with E-state index in [2.05, 4.69) is 25.9 Å². The van der Waals surface area contributed by atoms with Crippen molar-refractivity contribution in [3.05, 3.63) is 10.8 Å². The van der Waals surface area contributed by atoms with Gasteiger partial charge in [-0.05, 0) is 0 Å². The number of hydrogen-bond acceptors (Lipinski definition) is 6. The van der Waals surface area contributed by atoms with Gasteiger partial charge in [0.05, 0.1) is 13.7 Å². The van der Waals surface area contributed by atoms with Gasteiger partial charge in [0.25, 0.3) is 0 Å². The molecule has 3 N–H and O–H groups in total. The van der Waals surface area contributed by atoms with Crippen LogP contribution in [0, 0.1) is 12.3 Å². The predicted octanol–water partition coefficient (Wildman–Crippen LogP) is 0.544. The molecule has 16 heavy (non-hydrogen) atoms. The van der Waals surface area contributed by atoms with Crippen LogP contribution in [-0.4, -0.2) is 29.6 Å². The molecule has 1 heterocycles. The van der Waals surface area contributed by atoms with E-state index in [0.717, 1.165) is 0 Å². The molecule has 0 saturated carbocycles. The van der Waals surface area contributed by atoms with Gasteiger partial charge in [0.15, 0.2) is 22.5 Å². The third-order valence-electron chi connectivity index (χ3n) is 1.62. The van der Waals surface area contributed by atoms with Crippen molar-refractivity contribution < 1.29 is 9.53 Å². The molecule has 0 aromatic carbocycles. The Hall–Kier alpha value is -2.00. The highest BCUT2D eigenvalue weighted by atomic mass is 35.5. The van der Waals surface area contributed by atoms with E-state index in [1.807, 2.05) is 0 Å². The average molecular weight is 241 g/mol. The van der Waals surface area contributed by atoms with Gasteiger partial charge < -0.3 is 15.8 Å². The maximum atomic E-state index is 11.2. The van der Waals surface area contributed by atoms with Crippen molar-refractivity contribution in [1.29, 1.82) is 0 Å². The molecule has 1 aromatic heterocycles. The molecular weight excluding hydrogens is 232 g/mol. The van der Waals surface area contributed by atoms with E-state index >= 15 is 0 Å². The number of nitrogens with zero attached hydrogens (tertiary/aromatic N) is 2. The maximum Gasteiger partial charge on any atom is 0.360 e. The van der Waals surface area contributed by atoms with Crippen LogP contribution in [0.3, 0.4) is 0 Å². The third-order valence-corrected chi connectivity index (χ3v) is 1.88. The maximum absolute atomic E-state index is 11.2. The number of esters is 1. The fourth-order valence-corrected chi connectivity index (χ4v) is 1.12. The monoisotopic (exact) mass is 240 g/mol. The molecule has 0 radical (unpaired) electrons. The summed E-state index contributed by atoms with van der Waals surface area (Å²) in [5, 5.41) is 2.72. The second-order valence-electron chi connectivity index (χ2n) is 2.65. The third kappa shape index (κ3) is 2.52. The number of nitrogens with one attached hydrogen (secondary N) is 1. The standard InChI is InChI=1S/C9H9ClN4O2/c1-3-4-12-8-6(10)13-5(7(11)14-8)9(15)16-2/h1H,4H2,2H3,(H3,11,12,14). The number of rotatable bonds is 3. The van der Waals surface area contributed by atoms with Crippen molar-refractivity contribution in [1.82, 2.24) is 9.97 Å². The van der Waals surface area contributed by atoms with E-state index < -0.39 is 5.97 Å². The van der Waals surface area contributed by atoms with Gasteiger partial charge in [-0.2, -0.15) is 0 Å². The van der Waals surface area contributed by atoms with Crippen LogP contribution in [0.15, 0.2) is 0 Å². The van der Waals surface area contributed by atoms with Crippen LogP contribution in [-0.2, 0) is 4.74 Å². The lowest BCUT2D eigenvalue weighted by molar-refractivity contribution is 0.0595. The summed E-state index contributed by atoms with van der Waals surface area (Å²) in [6.07, 6.45) is 5.06. The van der Waals surface area contributed by atoms with Crippen molar-refractivity contribution in [2.45, 2.75) is 0 Å². The molecule has 0 saturated heterocycles. The number of carbonyl (C=O) groups excluding carboxylic acids is 1. The molecule has 1 aromatic rings. The number of halogens is 1. The number of nitrogen functional groups attached to an aromatic ring is 1. The number of anilines is 2. The summed E-state index contributed by atoms with van der Waals surface area (Å²) >= 11 is 5.77. The van der Waals surface area contributed by atoms with Crippen molar-refractivity contribution >= 4 is 29.2 Å². The van der Waals surface area contributed by atoms with Crippen LogP contribution in [0.2, 0.25) is 5.15 Å². The molecule has 0 amide bonds. The molecule has 0 aliphatic carbocycles. The number of carbonyl (C=O) groups is 1. The van der Waals surface area contributed by atoms with Gasteiger partial charge in [-0.15, -0.1) is 6.42 Å². The molecule has 0 fully saturated rings. The van der Waals surface area contributed by atoms with Crippen molar-refractivity contribution in [2.75, 3.05) is 24.7 Å². The lowest BCUT2D eigenvalue weighted by atomic mass is 10.4. The SMILES string of the molecule is C#CCNc1nc(N)c(C(=O)OC)nc1Cl. The van der Waals surface area contributed by atoms with Crippen molar-refractivity contribution in [3.63, 3.8) is 0 Å². The summed E-state index contributed by atoms with van der Waals surface area (Å²) in [5.41, 5.74) is 5.39. The van der Waals surface area contributed by atoms with E-state index in [1.165, 1.54) is 7.11 Å². The van der Waals surface area contributed by atoms with Crippen LogP contribution in [0.1, 0.15) is 10.5 Å². The second-order valence-corrected chi connectivity index (χ2v) is 3.00. The van der Waals surface area contributed by atoms with Gasteiger partial charge in [0.2, 0.25) is 0 Å². The van der Waals surface area contributed by atoms with Crippen LogP contribution in [0.4, 0.5) is 11.6 Å². The smallest absolute Gasteiger partial charge is 0.360 e. The van der Waals surface area contributed by atoms with Gasteiger partial charge >= 0.3 is 5.97 Å². The zero-order valence-corrected chi connectivity index (χ0v) is 9.21. The summed E-state index contributed by atoms with van der Waals surface area (Å²) in [6, 6.07) is 0. The first-order valence-corrected chi connectivity index (χ1v) is 4.56. The Morgan fingerprint density at radius 3 is 2.94 bits per heavy atom. The normalized spacial score (nSPS) is 9.31. The number of hydrogen-bond donors (Lipinski definition) is 2. The highest BCUT2D eigenvalue weighted by Crippen LogP contribution is 2.20. The fraction of sp³-hybridized carbons (Fsp3) is 0.222. The number of aromatic nitrogens is 2. The number of nitrogens with two attached hydrogens (primary N) is 1. The average Bonchev–Trinajstić information content (AvgIpc) is 2.28. The quantitative estimate of drug-likeness (QED) is 0.592. The van der Waals surface area contributed by atoms with Crippen molar-refractivity contribution in [2.24, 2.45) is 0 Å². The van der Waals surface area contributed by atoms with E-state index in [9.17, 15) is 4.79 Å². The molecule has 1 rings (SSSR count). The number of terminal acetylenes is 1. The first kappa shape index (κ1) is 12.1. The number of methoxy groups -OCH3 is 1. The molecular formula is C9H9ClN4O2. The van der Waals surface area contributed by atoms with Crippen LogP contribution >= 0.6 is 11.6 Å². The van der Waals surface area contributed by atoms with Crippen LogP contribution in [0.5, 0.6) is 0 Å². The zero-order chi connectivity index (χ0) is 12.1. The fourth-order valence-electron chi connectivity index (χ4n) is 0.922. The Kier molecular flexibility index (Phi) is 3.91. The van der Waals surface area contributed by atoms with Gasteiger partial charge in [0.1, 0.15) is 0 Å². The summed E-state index contributed by atoms with van der Waals surface area (Å²) in [6.45, 7) is 0.228. The summed E-state index contributed by atoms with van der Waals surface area (Å²) < 4.78 is 4.46. The van der Waals surface area contributed by atoms with E-state index in [1.54, 1.807) is 0 Å². The molecule has 0 unspecified atom stereocenters. The molecule has 0 bridgehead atoms. The van der Waals surface area contributed by atoms with E-state index in [0.29, 0.717) is 0 Å². The highest BCUT2D eigenvalue weighted by molar-refractivity contribution is 6.31. The Morgan fingerprint density at radius 2 is 2.38 bits per heavy atom. The molecule has 0 spiro atoms. The van der Waals surface area contributed by atoms with Crippen LogP contribution in [0.25, 0.3) is 0 Å². The molecule has 0 atom stereocenters. The topological polar surface area (TPSA) is 90.1 Å². The summed E-state index contributed by atoms with van der Waals surface area (Å²) in [7, 11) is 1.21. The van der Waals surface area contributed by atoms with Gasteiger partial charge in [-0.1, -0.05) is 17.5 Å².